The monoisotopic (exact) mass is 412 g/mol. The van der Waals surface area contributed by atoms with Gasteiger partial charge in [0.2, 0.25) is 0 Å². The van der Waals surface area contributed by atoms with Crippen molar-refractivity contribution in [3.05, 3.63) is 42.6 Å². The van der Waals surface area contributed by atoms with E-state index in [0.717, 1.165) is 63.7 Å². The van der Waals surface area contributed by atoms with Gasteiger partial charge in [0.15, 0.2) is 5.65 Å². The molecule has 6 heterocycles. The standard InChI is InChI=1S/C23H24N8/c1-14-25-13-20(30(14)2)15-10-17-21(28-29-22(17)26-12-15)19-11-16-18(27-19)6-7-24-23(16)31-8-4-3-5-9-31/h6-7,10-13,27H,3-5,8-9H2,1-2H3,(H,26,28,29). The van der Waals surface area contributed by atoms with E-state index in [1.54, 1.807) is 0 Å². The Balaban J connectivity index is 1.47. The summed E-state index contributed by atoms with van der Waals surface area (Å²) >= 11 is 0. The van der Waals surface area contributed by atoms with Gasteiger partial charge in [0.1, 0.15) is 11.6 Å². The summed E-state index contributed by atoms with van der Waals surface area (Å²) in [6.45, 7) is 4.13. The molecule has 5 aromatic rings. The lowest BCUT2D eigenvalue weighted by Gasteiger charge is -2.28. The molecule has 1 aliphatic heterocycles. The van der Waals surface area contributed by atoms with Crippen LogP contribution in [0.2, 0.25) is 0 Å². The largest absolute Gasteiger partial charge is 0.356 e. The molecule has 5 aromatic heterocycles. The number of H-pyrrole nitrogens is 2. The molecule has 0 aliphatic carbocycles. The number of pyridine rings is 2. The van der Waals surface area contributed by atoms with E-state index in [9.17, 15) is 0 Å². The van der Waals surface area contributed by atoms with Crippen molar-refractivity contribution in [2.75, 3.05) is 18.0 Å². The van der Waals surface area contributed by atoms with E-state index < -0.39 is 0 Å². The number of nitrogens with one attached hydrogen (secondary N) is 2. The number of aryl methyl sites for hydroxylation is 1. The van der Waals surface area contributed by atoms with Gasteiger partial charge in [-0.25, -0.2) is 15.0 Å². The number of rotatable bonds is 3. The number of anilines is 1. The van der Waals surface area contributed by atoms with Gasteiger partial charge in [-0.1, -0.05) is 0 Å². The van der Waals surface area contributed by atoms with Gasteiger partial charge in [0.05, 0.1) is 28.8 Å². The predicted octanol–water partition coefficient (Wildman–Crippen LogP) is 4.20. The Labute approximate surface area is 179 Å². The smallest absolute Gasteiger partial charge is 0.181 e. The van der Waals surface area contributed by atoms with Crippen LogP contribution >= 0.6 is 0 Å². The van der Waals surface area contributed by atoms with E-state index in [-0.39, 0.29) is 0 Å². The van der Waals surface area contributed by atoms with Crippen molar-refractivity contribution in [3.63, 3.8) is 0 Å². The summed E-state index contributed by atoms with van der Waals surface area (Å²) < 4.78 is 2.07. The quantitative estimate of drug-likeness (QED) is 0.463. The normalized spacial score (nSPS) is 14.7. The SMILES string of the molecule is Cc1ncc(-c2cnc3n[nH]c(-c4cc5c(N6CCCCC6)nccc5[nH]4)c3c2)n1C. The number of aromatic amines is 2. The molecule has 8 heteroatoms. The van der Waals surface area contributed by atoms with Crippen LogP contribution < -0.4 is 4.90 Å². The van der Waals surface area contributed by atoms with Crippen molar-refractivity contribution < 1.29 is 0 Å². The van der Waals surface area contributed by atoms with Gasteiger partial charge in [-0.05, 0) is 44.4 Å². The summed E-state index contributed by atoms with van der Waals surface area (Å²) in [6.07, 6.45) is 9.38. The molecule has 0 amide bonds. The Bertz CT molecular complexity index is 1400. The van der Waals surface area contributed by atoms with Crippen molar-refractivity contribution in [1.29, 1.82) is 0 Å². The minimum atomic E-state index is 0.700. The lowest BCUT2D eigenvalue weighted by atomic mass is 10.1. The van der Waals surface area contributed by atoms with Crippen molar-refractivity contribution in [2.24, 2.45) is 7.05 Å². The molecule has 0 unspecified atom stereocenters. The minimum Gasteiger partial charge on any atom is -0.356 e. The number of aromatic nitrogens is 7. The highest BCUT2D eigenvalue weighted by atomic mass is 15.2. The van der Waals surface area contributed by atoms with Crippen LogP contribution in [0.25, 0.3) is 44.6 Å². The number of hydrogen-bond donors (Lipinski definition) is 2. The van der Waals surface area contributed by atoms with Crippen LogP contribution in [-0.2, 0) is 7.05 Å². The fraction of sp³-hybridized carbons (Fsp3) is 0.304. The Kier molecular flexibility index (Phi) is 4.05. The summed E-state index contributed by atoms with van der Waals surface area (Å²) in [5.74, 6) is 2.03. The summed E-state index contributed by atoms with van der Waals surface area (Å²) in [5.41, 5.74) is 5.76. The first kappa shape index (κ1) is 18.1. The van der Waals surface area contributed by atoms with Crippen LogP contribution in [0.5, 0.6) is 0 Å². The zero-order valence-corrected chi connectivity index (χ0v) is 17.7. The predicted molar refractivity (Wildman–Crippen MR) is 122 cm³/mol. The highest BCUT2D eigenvalue weighted by Gasteiger charge is 2.19. The molecular weight excluding hydrogens is 388 g/mol. The topological polar surface area (TPSA) is 91.3 Å². The highest BCUT2D eigenvalue weighted by Crippen LogP contribution is 2.34. The van der Waals surface area contributed by atoms with Crippen LogP contribution in [0.4, 0.5) is 5.82 Å². The van der Waals surface area contributed by atoms with E-state index in [1.165, 1.54) is 19.3 Å². The number of nitrogens with zero attached hydrogens (tertiary/aromatic N) is 6. The van der Waals surface area contributed by atoms with Gasteiger partial charge in [0, 0.05) is 48.9 Å². The Morgan fingerprint density at radius 3 is 2.65 bits per heavy atom. The maximum absolute atomic E-state index is 4.71. The van der Waals surface area contributed by atoms with Crippen molar-refractivity contribution in [3.8, 4) is 22.6 Å². The minimum absolute atomic E-state index is 0.700. The zero-order valence-electron chi connectivity index (χ0n) is 17.7. The molecule has 0 atom stereocenters. The van der Waals surface area contributed by atoms with Crippen molar-refractivity contribution in [2.45, 2.75) is 26.2 Å². The molecular formula is C23H24N8. The third-order valence-corrected chi connectivity index (χ3v) is 6.38. The molecule has 0 bridgehead atoms. The molecule has 8 nitrogen and oxygen atoms in total. The number of fused-ring (bicyclic) bond motifs is 2. The number of imidazole rings is 1. The molecule has 156 valence electrons. The number of hydrogen-bond acceptors (Lipinski definition) is 5. The van der Waals surface area contributed by atoms with Crippen LogP contribution in [0, 0.1) is 6.92 Å². The molecule has 0 radical (unpaired) electrons. The van der Waals surface area contributed by atoms with Gasteiger partial charge in [-0.3, -0.25) is 5.10 Å². The molecule has 6 rings (SSSR count). The van der Waals surface area contributed by atoms with Crippen LogP contribution in [0.15, 0.2) is 36.8 Å². The average molecular weight is 413 g/mol. The van der Waals surface area contributed by atoms with Gasteiger partial charge in [-0.15, -0.1) is 0 Å². The van der Waals surface area contributed by atoms with E-state index in [4.69, 9.17) is 4.98 Å². The maximum atomic E-state index is 4.71. The second-order valence-electron chi connectivity index (χ2n) is 8.27. The van der Waals surface area contributed by atoms with Gasteiger partial charge >= 0.3 is 0 Å². The van der Waals surface area contributed by atoms with Crippen molar-refractivity contribution in [1.82, 2.24) is 34.7 Å². The van der Waals surface area contributed by atoms with Crippen LogP contribution in [-0.4, -0.2) is 47.8 Å². The maximum Gasteiger partial charge on any atom is 0.181 e. The lowest BCUT2D eigenvalue weighted by Crippen LogP contribution is -2.30. The summed E-state index contributed by atoms with van der Waals surface area (Å²) in [4.78, 5) is 19.7. The summed E-state index contributed by atoms with van der Waals surface area (Å²) in [6, 6.07) is 6.35. The summed E-state index contributed by atoms with van der Waals surface area (Å²) in [7, 11) is 2.02. The third kappa shape index (κ3) is 2.90. The fourth-order valence-electron chi connectivity index (χ4n) is 4.55. The zero-order chi connectivity index (χ0) is 20.9. The van der Waals surface area contributed by atoms with Gasteiger partial charge in [0.25, 0.3) is 0 Å². The third-order valence-electron chi connectivity index (χ3n) is 6.38. The van der Waals surface area contributed by atoms with E-state index in [1.807, 2.05) is 38.6 Å². The molecule has 1 aliphatic rings. The molecule has 1 fully saturated rings. The molecule has 31 heavy (non-hydrogen) atoms. The van der Waals surface area contributed by atoms with Crippen LogP contribution in [0.1, 0.15) is 25.1 Å². The average Bonchev–Trinajstić information content (AvgIpc) is 3.50. The van der Waals surface area contributed by atoms with E-state index >= 15 is 0 Å². The Morgan fingerprint density at radius 1 is 0.968 bits per heavy atom. The highest BCUT2D eigenvalue weighted by molar-refractivity contribution is 5.98. The Hall–Kier alpha value is -3.68. The van der Waals surface area contributed by atoms with Crippen molar-refractivity contribution >= 4 is 27.8 Å². The first-order valence-electron chi connectivity index (χ1n) is 10.7. The van der Waals surface area contributed by atoms with Gasteiger partial charge in [-0.2, -0.15) is 5.10 Å². The first-order chi connectivity index (χ1) is 15.2. The lowest BCUT2D eigenvalue weighted by molar-refractivity contribution is 0.575. The fourth-order valence-corrected chi connectivity index (χ4v) is 4.55. The van der Waals surface area contributed by atoms with E-state index in [2.05, 4.69) is 46.7 Å². The van der Waals surface area contributed by atoms with Gasteiger partial charge < -0.3 is 14.5 Å². The van der Waals surface area contributed by atoms with E-state index in [0.29, 0.717) is 5.65 Å². The molecule has 0 aromatic carbocycles. The first-order valence-corrected chi connectivity index (χ1v) is 10.7. The molecule has 0 saturated carbocycles. The second kappa shape index (κ2) is 6.94. The number of piperidine rings is 1. The van der Waals surface area contributed by atoms with Crippen LogP contribution in [0.3, 0.4) is 0 Å². The molecule has 1 saturated heterocycles. The molecule has 0 spiro atoms. The molecule has 2 N–H and O–H groups in total. The Morgan fingerprint density at radius 2 is 1.84 bits per heavy atom. The second-order valence-corrected chi connectivity index (χ2v) is 8.27. The summed E-state index contributed by atoms with van der Waals surface area (Å²) in [5, 5.41) is 9.75.